The Balaban J connectivity index is 2.23. The fourth-order valence-electron chi connectivity index (χ4n) is 2.91. The monoisotopic (exact) mass is 207 g/mol. The molecule has 0 spiro atoms. The zero-order valence-electron chi connectivity index (χ0n) is 9.97. The molecule has 1 aliphatic carbocycles. The van der Waals surface area contributed by atoms with Gasteiger partial charge < -0.3 is 9.73 Å². The molecule has 0 amide bonds. The maximum Gasteiger partial charge on any atom is 0.121 e. The van der Waals surface area contributed by atoms with E-state index < -0.39 is 0 Å². The number of hydrogen-bond donors (Lipinski definition) is 1. The molecule has 1 saturated carbocycles. The fraction of sp³-hybridized carbons (Fsp3) is 0.692. The number of aryl methyl sites for hydroxylation is 1. The van der Waals surface area contributed by atoms with Gasteiger partial charge >= 0.3 is 0 Å². The molecule has 0 aromatic carbocycles. The molecule has 1 aromatic heterocycles. The van der Waals surface area contributed by atoms with Crippen LogP contribution in [-0.4, -0.2) is 7.05 Å². The molecule has 0 saturated heterocycles. The van der Waals surface area contributed by atoms with Gasteiger partial charge in [0.25, 0.3) is 0 Å². The van der Waals surface area contributed by atoms with Crippen LogP contribution in [0.3, 0.4) is 0 Å². The summed E-state index contributed by atoms with van der Waals surface area (Å²) in [6.45, 7) is 4.38. The molecule has 1 unspecified atom stereocenters. The summed E-state index contributed by atoms with van der Waals surface area (Å²) in [5.74, 6) is 2.10. The van der Waals surface area contributed by atoms with E-state index >= 15 is 0 Å². The third-order valence-electron chi connectivity index (χ3n) is 3.78. The summed E-state index contributed by atoms with van der Waals surface area (Å²) in [6.07, 6.45) is 5.32. The number of furan rings is 1. The third-order valence-corrected chi connectivity index (χ3v) is 3.78. The minimum atomic E-state index is 0.369. The van der Waals surface area contributed by atoms with Crippen LogP contribution in [0, 0.1) is 12.3 Å². The fourth-order valence-corrected chi connectivity index (χ4v) is 2.91. The summed E-state index contributed by atoms with van der Waals surface area (Å²) in [5, 5.41) is 3.42. The van der Waals surface area contributed by atoms with Crippen LogP contribution in [-0.2, 0) is 0 Å². The topological polar surface area (TPSA) is 25.2 Å². The molecule has 2 nitrogen and oxygen atoms in total. The van der Waals surface area contributed by atoms with E-state index in [0.717, 1.165) is 11.5 Å². The van der Waals surface area contributed by atoms with Gasteiger partial charge in [0.2, 0.25) is 0 Å². The predicted molar refractivity (Wildman–Crippen MR) is 61.8 cm³/mol. The molecule has 1 atom stereocenters. The predicted octanol–water partition coefficient (Wildman–Crippen LogP) is 3.43. The second-order valence-corrected chi connectivity index (χ2v) is 5.03. The van der Waals surface area contributed by atoms with Crippen LogP contribution in [0.2, 0.25) is 0 Å². The van der Waals surface area contributed by atoms with E-state index in [4.69, 9.17) is 4.42 Å². The average molecular weight is 207 g/mol. The summed E-state index contributed by atoms with van der Waals surface area (Å²) in [7, 11) is 2.03. The Hall–Kier alpha value is -0.760. The zero-order chi connectivity index (χ0) is 10.9. The van der Waals surface area contributed by atoms with Gasteiger partial charge in [-0.05, 0) is 44.4 Å². The van der Waals surface area contributed by atoms with E-state index in [-0.39, 0.29) is 0 Å². The first-order chi connectivity index (χ1) is 7.15. The molecule has 0 radical (unpaired) electrons. The SMILES string of the molecule is CNC(c1ccc(C)o1)C1(C)CCCC1. The van der Waals surface area contributed by atoms with Crippen LogP contribution >= 0.6 is 0 Å². The highest BCUT2D eigenvalue weighted by atomic mass is 16.3. The van der Waals surface area contributed by atoms with Crippen molar-refractivity contribution in [3.63, 3.8) is 0 Å². The van der Waals surface area contributed by atoms with Crippen LogP contribution in [0.25, 0.3) is 0 Å². The molecule has 1 N–H and O–H groups in total. The lowest BCUT2D eigenvalue weighted by molar-refractivity contribution is 0.204. The summed E-state index contributed by atoms with van der Waals surface area (Å²) >= 11 is 0. The van der Waals surface area contributed by atoms with Crippen molar-refractivity contribution in [2.45, 2.75) is 45.6 Å². The Bertz CT molecular complexity index is 323. The van der Waals surface area contributed by atoms with Crippen molar-refractivity contribution >= 4 is 0 Å². The smallest absolute Gasteiger partial charge is 0.121 e. The highest BCUT2D eigenvalue weighted by molar-refractivity contribution is 5.13. The first-order valence-corrected chi connectivity index (χ1v) is 5.89. The maximum absolute atomic E-state index is 5.75. The summed E-state index contributed by atoms with van der Waals surface area (Å²) in [5.41, 5.74) is 0.374. The standard InChI is InChI=1S/C13H21NO/c1-10-6-7-11(15-10)12(14-3)13(2)8-4-5-9-13/h6-7,12,14H,4-5,8-9H2,1-3H3. The van der Waals surface area contributed by atoms with Crippen molar-refractivity contribution in [1.29, 1.82) is 0 Å². The molecular weight excluding hydrogens is 186 g/mol. The van der Waals surface area contributed by atoms with Gasteiger partial charge in [0.05, 0.1) is 6.04 Å². The quantitative estimate of drug-likeness (QED) is 0.821. The number of nitrogens with one attached hydrogen (secondary N) is 1. The summed E-state index contributed by atoms with van der Waals surface area (Å²) < 4.78 is 5.75. The molecule has 1 aromatic rings. The maximum atomic E-state index is 5.75. The molecule has 1 heterocycles. The van der Waals surface area contributed by atoms with Crippen molar-refractivity contribution in [3.8, 4) is 0 Å². The van der Waals surface area contributed by atoms with Gasteiger partial charge in [-0.1, -0.05) is 19.8 Å². The molecule has 2 heteroatoms. The Kier molecular flexibility index (Phi) is 2.87. The van der Waals surface area contributed by atoms with Gasteiger partial charge in [0, 0.05) is 0 Å². The number of rotatable bonds is 3. The lowest BCUT2D eigenvalue weighted by atomic mass is 9.79. The van der Waals surface area contributed by atoms with Crippen LogP contribution in [0.5, 0.6) is 0 Å². The Morgan fingerprint density at radius 1 is 1.33 bits per heavy atom. The first kappa shape index (κ1) is 10.7. The van der Waals surface area contributed by atoms with Crippen molar-refractivity contribution in [3.05, 3.63) is 23.7 Å². The van der Waals surface area contributed by atoms with Crippen molar-refractivity contribution < 1.29 is 4.42 Å². The molecule has 0 bridgehead atoms. The molecule has 0 aliphatic heterocycles. The Labute approximate surface area is 92.1 Å². The molecule has 2 rings (SSSR count). The molecular formula is C13H21NO. The zero-order valence-corrected chi connectivity index (χ0v) is 9.97. The van der Waals surface area contributed by atoms with Gasteiger partial charge in [-0.2, -0.15) is 0 Å². The van der Waals surface area contributed by atoms with Gasteiger partial charge in [0.1, 0.15) is 11.5 Å². The largest absolute Gasteiger partial charge is 0.465 e. The average Bonchev–Trinajstić information content (AvgIpc) is 2.78. The second kappa shape index (κ2) is 4.01. The highest BCUT2D eigenvalue weighted by Gasteiger charge is 2.38. The van der Waals surface area contributed by atoms with Gasteiger partial charge in [-0.3, -0.25) is 0 Å². The summed E-state index contributed by atoms with van der Waals surface area (Å²) in [4.78, 5) is 0. The molecule has 1 fully saturated rings. The van der Waals surface area contributed by atoms with Crippen molar-refractivity contribution in [2.75, 3.05) is 7.05 Å². The van der Waals surface area contributed by atoms with Crippen LogP contribution in [0.15, 0.2) is 16.5 Å². The van der Waals surface area contributed by atoms with Gasteiger partial charge in [0.15, 0.2) is 0 Å². The molecule has 15 heavy (non-hydrogen) atoms. The lowest BCUT2D eigenvalue weighted by Gasteiger charge is -2.32. The summed E-state index contributed by atoms with van der Waals surface area (Å²) in [6, 6.07) is 4.53. The van der Waals surface area contributed by atoms with Crippen LogP contribution < -0.4 is 5.32 Å². The Morgan fingerprint density at radius 3 is 2.47 bits per heavy atom. The number of hydrogen-bond acceptors (Lipinski definition) is 2. The van der Waals surface area contributed by atoms with Gasteiger partial charge in [-0.15, -0.1) is 0 Å². The van der Waals surface area contributed by atoms with E-state index in [1.54, 1.807) is 0 Å². The van der Waals surface area contributed by atoms with E-state index in [0.29, 0.717) is 11.5 Å². The molecule has 84 valence electrons. The Morgan fingerprint density at radius 2 is 2.00 bits per heavy atom. The van der Waals surface area contributed by atoms with Crippen LogP contribution in [0.1, 0.15) is 50.2 Å². The van der Waals surface area contributed by atoms with Crippen molar-refractivity contribution in [2.24, 2.45) is 5.41 Å². The normalized spacial score (nSPS) is 21.8. The van der Waals surface area contributed by atoms with E-state index in [2.05, 4.69) is 24.4 Å². The van der Waals surface area contributed by atoms with E-state index in [9.17, 15) is 0 Å². The van der Waals surface area contributed by atoms with Crippen molar-refractivity contribution in [1.82, 2.24) is 5.32 Å². The van der Waals surface area contributed by atoms with Crippen LogP contribution in [0.4, 0.5) is 0 Å². The van der Waals surface area contributed by atoms with E-state index in [1.807, 2.05) is 14.0 Å². The van der Waals surface area contributed by atoms with E-state index in [1.165, 1.54) is 25.7 Å². The first-order valence-electron chi connectivity index (χ1n) is 5.89. The molecule has 1 aliphatic rings. The second-order valence-electron chi connectivity index (χ2n) is 5.03. The minimum Gasteiger partial charge on any atom is -0.465 e. The lowest BCUT2D eigenvalue weighted by Crippen LogP contribution is -2.31. The highest BCUT2D eigenvalue weighted by Crippen LogP contribution is 2.47. The minimum absolute atomic E-state index is 0.369. The third kappa shape index (κ3) is 1.96. The van der Waals surface area contributed by atoms with Gasteiger partial charge in [-0.25, -0.2) is 0 Å².